The first kappa shape index (κ1) is 13.1. The Morgan fingerprint density at radius 3 is 2.71 bits per heavy atom. The lowest BCUT2D eigenvalue weighted by Crippen LogP contribution is -2.46. The topological polar surface area (TPSA) is 20.2 Å². The Morgan fingerprint density at radius 2 is 2.06 bits per heavy atom. The minimum absolute atomic E-state index is 0.475. The molecule has 5 atom stereocenters. The molecule has 1 saturated carbocycles. The van der Waals surface area contributed by atoms with Crippen molar-refractivity contribution in [3.63, 3.8) is 0 Å². The van der Waals surface area contributed by atoms with Gasteiger partial charge in [-0.1, -0.05) is 31.9 Å². The lowest BCUT2D eigenvalue weighted by molar-refractivity contribution is -0.0619. The second-order valence-electron chi connectivity index (χ2n) is 6.66. The molecule has 1 heteroatoms. The van der Waals surface area contributed by atoms with E-state index < -0.39 is 5.60 Å². The summed E-state index contributed by atoms with van der Waals surface area (Å²) in [6, 6.07) is 0. The van der Waals surface area contributed by atoms with Gasteiger partial charge in [-0.15, -0.1) is 0 Å². The Balaban J connectivity index is 2.26. The minimum Gasteiger partial charge on any atom is -0.390 e. The van der Waals surface area contributed by atoms with Gasteiger partial charge in [0.15, 0.2) is 0 Å². The summed E-state index contributed by atoms with van der Waals surface area (Å²) in [7, 11) is 0. The molecular formula is C16H28O. The van der Waals surface area contributed by atoms with Gasteiger partial charge in [0.2, 0.25) is 0 Å². The summed E-state index contributed by atoms with van der Waals surface area (Å²) in [5.74, 6) is 2.76. The van der Waals surface area contributed by atoms with Crippen LogP contribution in [0.2, 0.25) is 0 Å². The molecule has 0 spiro atoms. The van der Waals surface area contributed by atoms with E-state index in [1.165, 1.54) is 31.3 Å². The fraction of sp³-hybridized carbons (Fsp3) is 0.875. The Morgan fingerprint density at radius 1 is 1.35 bits per heavy atom. The lowest BCUT2D eigenvalue weighted by atomic mass is 9.58. The van der Waals surface area contributed by atoms with Crippen molar-refractivity contribution in [2.24, 2.45) is 23.7 Å². The summed E-state index contributed by atoms with van der Waals surface area (Å²) in [5.41, 5.74) is 1.06. The molecule has 1 fully saturated rings. The number of fused-ring (bicyclic) bond motifs is 1. The van der Waals surface area contributed by atoms with Gasteiger partial charge in [-0.25, -0.2) is 0 Å². The summed E-state index contributed by atoms with van der Waals surface area (Å²) < 4.78 is 0. The third-order valence-corrected chi connectivity index (χ3v) is 5.49. The van der Waals surface area contributed by atoms with E-state index in [1.807, 2.05) is 6.92 Å². The van der Waals surface area contributed by atoms with E-state index in [-0.39, 0.29) is 0 Å². The Labute approximate surface area is 106 Å². The highest BCUT2D eigenvalue weighted by molar-refractivity contribution is 5.12. The molecule has 0 aromatic heterocycles. The van der Waals surface area contributed by atoms with Crippen molar-refractivity contribution in [2.75, 3.05) is 0 Å². The molecule has 0 aromatic carbocycles. The van der Waals surface area contributed by atoms with Gasteiger partial charge in [0.05, 0.1) is 5.60 Å². The van der Waals surface area contributed by atoms with Gasteiger partial charge in [0, 0.05) is 0 Å². The Bertz CT molecular complexity index is 303. The number of aliphatic hydroxyl groups is 1. The largest absolute Gasteiger partial charge is 0.390 e. The standard InChI is InChI=1S/C16H28O/c1-5-16(4,17)15-9-7-12(3)13-8-6-11(2)10-14(13)15/h10,12-15,17H,5-9H2,1-4H3/t12-,13+,14+,15+,16?/m1/s1. The highest BCUT2D eigenvalue weighted by Crippen LogP contribution is 2.49. The molecule has 1 N–H and O–H groups in total. The molecule has 0 saturated heterocycles. The fourth-order valence-electron chi connectivity index (χ4n) is 4.04. The van der Waals surface area contributed by atoms with Gasteiger partial charge in [0.1, 0.15) is 0 Å². The fourth-order valence-corrected chi connectivity index (χ4v) is 4.04. The molecule has 0 bridgehead atoms. The molecular weight excluding hydrogens is 208 g/mol. The maximum Gasteiger partial charge on any atom is 0.0650 e. The minimum atomic E-state index is -0.475. The van der Waals surface area contributed by atoms with Crippen LogP contribution in [0, 0.1) is 23.7 Å². The van der Waals surface area contributed by atoms with E-state index in [9.17, 15) is 5.11 Å². The smallest absolute Gasteiger partial charge is 0.0650 e. The third-order valence-electron chi connectivity index (χ3n) is 5.49. The van der Waals surface area contributed by atoms with Crippen LogP contribution >= 0.6 is 0 Å². The van der Waals surface area contributed by atoms with E-state index in [4.69, 9.17) is 0 Å². The summed E-state index contributed by atoms with van der Waals surface area (Å²) in [6.45, 7) is 8.82. The molecule has 0 radical (unpaired) electrons. The normalized spacial score (nSPS) is 41.4. The zero-order valence-electron chi connectivity index (χ0n) is 11.9. The van der Waals surface area contributed by atoms with E-state index in [1.54, 1.807) is 0 Å². The third kappa shape index (κ3) is 2.45. The van der Waals surface area contributed by atoms with E-state index in [0.717, 1.165) is 18.3 Å². The van der Waals surface area contributed by atoms with Gasteiger partial charge < -0.3 is 5.11 Å². The van der Waals surface area contributed by atoms with E-state index in [2.05, 4.69) is 26.8 Å². The van der Waals surface area contributed by atoms with Crippen molar-refractivity contribution >= 4 is 0 Å². The van der Waals surface area contributed by atoms with Gasteiger partial charge in [-0.05, 0) is 63.2 Å². The van der Waals surface area contributed by atoms with Crippen LogP contribution in [0.3, 0.4) is 0 Å². The highest BCUT2D eigenvalue weighted by atomic mass is 16.3. The van der Waals surface area contributed by atoms with Crippen molar-refractivity contribution in [2.45, 2.75) is 65.4 Å². The second-order valence-corrected chi connectivity index (χ2v) is 6.66. The van der Waals surface area contributed by atoms with E-state index in [0.29, 0.717) is 11.8 Å². The predicted molar refractivity (Wildman–Crippen MR) is 72.8 cm³/mol. The molecule has 2 aliphatic carbocycles. The molecule has 2 aliphatic rings. The summed E-state index contributed by atoms with van der Waals surface area (Å²) in [5, 5.41) is 10.6. The Kier molecular flexibility index (Phi) is 3.68. The van der Waals surface area contributed by atoms with Crippen molar-refractivity contribution in [1.29, 1.82) is 0 Å². The first-order valence-electron chi connectivity index (χ1n) is 7.35. The van der Waals surface area contributed by atoms with Gasteiger partial charge in [0.25, 0.3) is 0 Å². The van der Waals surface area contributed by atoms with Crippen LogP contribution in [0.5, 0.6) is 0 Å². The van der Waals surface area contributed by atoms with Crippen molar-refractivity contribution in [3.05, 3.63) is 11.6 Å². The second kappa shape index (κ2) is 4.76. The van der Waals surface area contributed by atoms with Gasteiger partial charge in [-0.3, -0.25) is 0 Å². The average Bonchev–Trinajstić information content (AvgIpc) is 2.29. The van der Waals surface area contributed by atoms with E-state index >= 15 is 0 Å². The number of hydrogen-bond acceptors (Lipinski definition) is 1. The Hall–Kier alpha value is -0.300. The summed E-state index contributed by atoms with van der Waals surface area (Å²) >= 11 is 0. The first-order chi connectivity index (χ1) is 7.95. The highest BCUT2D eigenvalue weighted by Gasteiger charge is 2.44. The molecule has 0 heterocycles. The maximum atomic E-state index is 10.6. The predicted octanol–water partition coefficient (Wildman–Crippen LogP) is 4.17. The number of rotatable bonds is 2. The quantitative estimate of drug-likeness (QED) is 0.714. The van der Waals surface area contributed by atoms with Crippen LogP contribution in [0.1, 0.15) is 59.8 Å². The monoisotopic (exact) mass is 236 g/mol. The number of hydrogen-bond donors (Lipinski definition) is 1. The molecule has 2 rings (SSSR count). The summed E-state index contributed by atoms with van der Waals surface area (Å²) in [6.07, 6.45) is 8.47. The van der Waals surface area contributed by atoms with Crippen molar-refractivity contribution < 1.29 is 5.11 Å². The van der Waals surface area contributed by atoms with Crippen LogP contribution in [-0.2, 0) is 0 Å². The van der Waals surface area contributed by atoms with Gasteiger partial charge >= 0.3 is 0 Å². The molecule has 1 nitrogen and oxygen atoms in total. The molecule has 17 heavy (non-hydrogen) atoms. The van der Waals surface area contributed by atoms with Crippen molar-refractivity contribution in [3.8, 4) is 0 Å². The molecule has 98 valence electrons. The molecule has 0 aromatic rings. The van der Waals surface area contributed by atoms with Crippen LogP contribution in [0.25, 0.3) is 0 Å². The molecule has 0 amide bonds. The average molecular weight is 236 g/mol. The van der Waals surface area contributed by atoms with Gasteiger partial charge in [-0.2, -0.15) is 0 Å². The number of allylic oxidation sites excluding steroid dienone is 2. The molecule has 0 aliphatic heterocycles. The van der Waals surface area contributed by atoms with Crippen LogP contribution in [0.15, 0.2) is 11.6 Å². The zero-order chi connectivity index (χ0) is 12.6. The van der Waals surface area contributed by atoms with Crippen LogP contribution in [0.4, 0.5) is 0 Å². The molecule has 1 unspecified atom stereocenters. The summed E-state index contributed by atoms with van der Waals surface area (Å²) in [4.78, 5) is 0. The zero-order valence-corrected chi connectivity index (χ0v) is 11.9. The first-order valence-corrected chi connectivity index (χ1v) is 7.35. The SMILES string of the molecule is CCC(C)(O)[C@H]1CC[C@@H](C)[C@@H]2CCC(C)=C[C@@H]21. The van der Waals surface area contributed by atoms with Crippen LogP contribution < -0.4 is 0 Å². The lowest BCUT2D eigenvalue weighted by Gasteiger charge is -2.48. The maximum absolute atomic E-state index is 10.6. The van der Waals surface area contributed by atoms with Crippen LogP contribution in [-0.4, -0.2) is 10.7 Å². The van der Waals surface area contributed by atoms with Crippen molar-refractivity contribution in [1.82, 2.24) is 0 Å².